The minimum atomic E-state index is -0.779. The molecule has 96 valence electrons. The van der Waals surface area contributed by atoms with Gasteiger partial charge < -0.3 is 5.32 Å². The van der Waals surface area contributed by atoms with E-state index in [1.807, 2.05) is 25.1 Å². The Hall–Kier alpha value is -2.41. The van der Waals surface area contributed by atoms with E-state index in [1.54, 1.807) is 12.1 Å². The largest absolute Gasteiger partial charge is 0.351 e. The summed E-state index contributed by atoms with van der Waals surface area (Å²) >= 11 is 0. The summed E-state index contributed by atoms with van der Waals surface area (Å²) in [5.74, 6) is -1.56. The molecule has 1 N–H and O–H groups in total. The first-order chi connectivity index (χ1) is 9.13. The first-order valence-corrected chi connectivity index (χ1v) is 5.89. The van der Waals surface area contributed by atoms with E-state index in [-0.39, 0.29) is 11.3 Å². The molecule has 0 heterocycles. The molecule has 2 aromatic rings. The van der Waals surface area contributed by atoms with Gasteiger partial charge in [0.1, 0.15) is 5.69 Å². The lowest BCUT2D eigenvalue weighted by molar-refractivity contribution is 0.590. The molecule has 0 amide bonds. The van der Waals surface area contributed by atoms with Crippen molar-refractivity contribution >= 4 is 11.4 Å². The maximum Gasteiger partial charge on any atom is 0.150 e. The molecular weight excluding hydrogens is 246 g/mol. The van der Waals surface area contributed by atoms with Gasteiger partial charge in [-0.05, 0) is 36.2 Å². The van der Waals surface area contributed by atoms with Crippen molar-refractivity contribution in [3.05, 3.63) is 59.2 Å². The number of benzene rings is 2. The molecule has 0 aliphatic rings. The fourth-order valence-corrected chi connectivity index (χ4v) is 1.77. The van der Waals surface area contributed by atoms with Crippen LogP contribution in [-0.4, -0.2) is 0 Å². The van der Waals surface area contributed by atoms with Crippen LogP contribution in [0.4, 0.5) is 20.2 Å². The number of aryl methyl sites for hydroxylation is 1. The number of nitriles is 1. The Morgan fingerprint density at radius 1 is 1.16 bits per heavy atom. The molecule has 0 bridgehead atoms. The van der Waals surface area contributed by atoms with E-state index in [1.165, 1.54) is 0 Å². The lowest BCUT2D eigenvalue weighted by Crippen LogP contribution is -1.99. The van der Waals surface area contributed by atoms with Crippen molar-refractivity contribution in [3.8, 4) is 6.07 Å². The topological polar surface area (TPSA) is 35.8 Å². The second-order valence-electron chi connectivity index (χ2n) is 4.11. The van der Waals surface area contributed by atoms with Crippen LogP contribution in [0.15, 0.2) is 36.4 Å². The predicted molar refractivity (Wildman–Crippen MR) is 70.2 cm³/mol. The molecule has 0 unspecified atom stereocenters. The van der Waals surface area contributed by atoms with Gasteiger partial charge in [-0.15, -0.1) is 0 Å². The highest BCUT2D eigenvalue weighted by molar-refractivity contribution is 5.62. The summed E-state index contributed by atoms with van der Waals surface area (Å²) < 4.78 is 27.4. The van der Waals surface area contributed by atoms with Gasteiger partial charge in [0.05, 0.1) is 11.6 Å². The van der Waals surface area contributed by atoms with Gasteiger partial charge in [-0.1, -0.05) is 19.1 Å². The number of hydrogen-bond acceptors (Lipinski definition) is 2. The summed E-state index contributed by atoms with van der Waals surface area (Å²) in [6.45, 7) is 2.00. The van der Waals surface area contributed by atoms with E-state index in [4.69, 9.17) is 5.26 Å². The number of rotatable bonds is 3. The van der Waals surface area contributed by atoms with Gasteiger partial charge in [0.15, 0.2) is 11.6 Å². The fraction of sp³-hybridized carbons (Fsp3) is 0.133. The maximum atomic E-state index is 13.7. The summed E-state index contributed by atoms with van der Waals surface area (Å²) in [5.41, 5.74) is 1.40. The average molecular weight is 258 g/mol. The van der Waals surface area contributed by atoms with Crippen LogP contribution in [0.3, 0.4) is 0 Å². The van der Waals surface area contributed by atoms with Crippen LogP contribution in [0.25, 0.3) is 0 Å². The first-order valence-electron chi connectivity index (χ1n) is 5.89. The Morgan fingerprint density at radius 2 is 1.84 bits per heavy atom. The lowest BCUT2D eigenvalue weighted by atomic mass is 10.1. The van der Waals surface area contributed by atoms with E-state index in [9.17, 15) is 8.78 Å². The second-order valence-corrected chi connectivity index (χ2v) is 4.11. The third-order valence-electron chi connectivity index (χ3n) is 2.78. The molecule has 2 rings (SSSR count). The predicted octanol–water partition coefficient (Wildman–Crippen LogP) is 4.14. The summed E-state index contributed by atoms with van der Waals surface area (Å²) in [7, 11) is 0. The van der Waals surface area contributed by atoms with Gasteiger partial charge in [-0.2, -0.15) is 5.26 Å². The van der Waals surface area contributed by atoms with E-state index >= 15 is 0 Å². The third-order valence-corrected chi connectivity index (χ3v) is 2.78. The molecule has 0 aliphatic heterocycles. The quantitative estimate of drug-likeness (QED) is 0.898. The Balaban J connectivity index is 2.36. The molecule has 2 nitrogen and oxygen atoms in total. The second kappa shape index (κ2) is 5.49. The molecule has 2 aromatic carbocycles. The number of nitrogens with one attached hydrogen (secondary N) is 1. The van der Waals surface area contributed by atoms with Gasteiger partial charge in [0.25, 0.3) is 0 Å². The molecule has 0 fully saturated rings. The number of hydrogen-bond donors (Lipinski definition) is 1. The summed E-state index contributed by atoms with van der Waals surface area (Å²) in [6.07, 6.45) is 0.841. The summed E-state index contributed by atoms with van der Waals surface area (Å²) in [6, 6.07) is 11.1. The van der Waals surface area contributed by atoms with Gasteiger partial charge >= 0.3 is 0 Å². The summed E-state index contributed by atoms with van der Waals surface area (Å²) in [4.78, 5) is 0. The van der Waals surface area contributed by atoms with Crippen LogP contribution in [0.2, 0.25) is 0 Å². The molecule has 0 saturated heterocycles. The van der Waals surface area contributed by atoms with E-state index < -0.39 is 11.6 Å². The molecule has 0 atom stereocenters. The molecule has 0 spiro atoms. The fourth-order valence-electron chi connectivity index (χ4n) is 1.77. The van der Waals surface area contributed by atoms with Gasteiger partial charge in [-0.25, -0.2) is 8.78 Å². The molecule has 19 heavy (non-hydrogen) atoms. The van der Waals surface area contributed by atoms with E-state index in [0.29, 0.717) is 5.69 Å². The van der Waals surface area contributed by atoms with Gasteiger partial charge in [0.2, 0.25) is 0 Å². The SMILES string of the molecule is CCc1cccc(Nc2c(F)cc(C#N)cc2F)c1. The van der Waals surface area contributed by atoms with Crippen molar-refractivity contribution in [1.29, 1.82) is 5.26 Å². The van der Waals surface area contributed by atoms with Crippen molar-refractivity contribution < 1.29 is 8.78 Å². The zero-order valence-electron chi connectivity index (χ0n) is 10.4. The zero-order valence-corrected chi connectivity index (χ0v) is 10.4. The van der Waals surface area contributed by atoms with Crippen LogP contribution in [0.5, 0.6) is 0 Å². The average Bonchev–Trinajstić information content (AvgIpc) is 2.42. The van der Waals surface area contributed by atoms with Gasteiger partial charge in [0, 0.05) is 5.69 Å². The highest BCUT2D eigenvalue weighted by Gasteiger charge is 2.11. The van der Waals surface area contributed by atoms with Crippen molar-refractivity contribution in [2.24, 2.45) is 0 Å². The van der Waals surface area contributed by atoms with E-state index in [2.05, 4.69) is 5.32 Å². The number of nitrogens with zero attached hydrogens (tertiary/aromatic N) is 1. The highest BCUT2D eigenvalue weighted by Crippen LogP contribution is 2.25. The van der Waals surface area contributed by atoms with Crippen LogP contribution >= 0.6 is 0 Å². The Bertz CT molecular complexity index is 622. The van der Waals surface area contributed by atoms with E-state index in [0.717, 1.165) is 24.1 Å². The third kappa shape index (κ3) is 2.89. The van der Waals surface area contributed by atoms with Crippen molar-refractivity contribution in [1.82, 2.24) is 0 Å². The minimum absolute atomic E-state index is 0.0390. The minimum Gasteiger partial charge on any atom is -0.351 e. The van der Waals surface area contributed by atoms with Crippen LogP contribution in [0, 0.1) is 23.0 Å². The molecule has 0 saturated carbocycles. The number of anilines is 2. The maximum absolute atomic E-state index is 13.7. The monoisotopic (exact) mass is 258 g/mol. The van der Waals surface area contributed by atoms with Crippen LogP contribution in [-0.2, 0) is 6.42 Å². The van der Waals surface area contributed by atoms with Crippen molar-refractivity contribution in [2.75, 3.05) is 5.32 Å². The van der Waals surface area contributed by atoms with Crippen LogP contribution in [0.1, 0.15) is 18.1 Å². The molecule has 0 aliphatic carbocycles. The van der Waals surface area contributed by atoms with Crippen molar-refractivity contribution in [3.63, 3.8) is 0 Å². The smallest absolute Gasteiger partial charge is 0.150 e. The zero-order chi connectivity index (χ0) is 13.8. The highest BCUT2D eigenvalue weighted by atomic mass is 19.1. The lowest BCUT2D eigenvalue weighted by Gasteiger charge is -2.10. The standard InChI is InChI=1S/C15H12F2N2/c1-2-10-4-3-5-12(6-10)19-15-13(16)7-11(9-18)8-14(15)17/h3-8,19H,2H2,1H3. The first kappa shape index (κ1) is 13.0. The summed E-state index contributed by atoms with van der Waals surface area (Å²) in [5, 5.41) is 11.3. The Morgan fingerprint density at radius 3 is 2.42 bits per heavy atom. The Kier molecular flexibility index (Phi) is 3.76. The Labute approximate surface area is 110 Å². The molecule has 0 aromatic heterocycles. The number of halogens is 2. The molecule has 0 radical (unpaired) electrons. The molecule has 4 heteroatoms. The molecular formula is C15H12F2N2. The normalized spacial score (nSPS) is 10.0. The van der Waals surface area contributed by atoms with Crippen molar-refractivity contribution in [2.45, 2.75) is 13.3 Å². The van der Waals surface area contributed by atoms with Crippen LogP contribution < -0.4 is 5.32 Å². The van der Waals surface area contributed by atoms with Gasteiger partial charge in [-0.3, -0.25) is 0 Å².